The zero-order chi connectivity index (χ0) is 13.7. The highest BCUT2D eigenvalue weighted by Crippen LogP contribution is 2.36. The summed E-state index contributed by atoms with van der Waals surface area (Å²) >= 11 is 3.20. The predicted octanol–water partition coefficient (Wildman–Crippen LogP) is 2.12. The summed E-state index contributed by atoms with van der Waals surface area (Å²) in [5.41, 5.74) is 6.59. The summed E-state index contributed by atoms with van der Waals surface area (Å²) in [6.45, 7) is 2.07. The van der Waals surface area contributed by atoms with Crippen molar-refractivity contribution in [3.63, 3.8) is 0 Å². The lowest BCUT2D eigenvalue weighted by atomic mass is 10.0. The lowest BCUT2D eigenvalue weighted by Crippen LogP contribution is -2.17. The molecular weight excluding hydrogens is 302 g/mol. The third-order valence-electron chi connectivity index (χ3n) is 2.39. The second-order valence-electron chi connectivity index (χ2n) is 3.67. The molecule has 0 saturated heterocycles. The summed E-state index contributed by atoms with van der Waals surface area (Å²) in [7, 11) is 1.45. The number of carbonyl (C=O) groups is 1. The number of rotatable bonds is 5. The molecule has 0 heterocycles. The molecular formula is C12H16BrNO4. The van der Waals surface area contributed by atoms with Crippen molar-refractivity contribution in [2.75, 3.05) is 13.7 Å². The topological polar surface area (TPSA) is 81.8 Å². The van der Waals surface area contributed by atoms with E-state index in [0.717, 1.165) is 0 Å². The largest absolute Gasteiger partial charge is 0.503 e. The number of aromatic hydroxyl groups is 1. The van der Waals surface area contributed by atoms with Crippen molar-refractivity contribution in [3.8, 4) is 11.5 Å². The van der Waals surface area contributed by atoms with Crippen molar-refractivity contribution < 1.29 is 19.4 Å². The quantitative estimate of drug-likeness (QED) is 0.813. The zero-order valence-electron chi connectivity index (χ0n) is 10.3. The number of benzene rings is 1. The molecule has 0 bridgehead atoms. The first-order valence-electron chi connectivity index (χ1n) is 5.47. The van der Waals surface area contributed by atoms with Gasteiger partial charge in [0.1, 0.15) is 0 Å². The standard InChI is InChI=1S/C12H16BrNO4/c1-3-18-11(15)6-9(14)7-4-8(13)12(16)10(5-7)17-2/h4-5,9,16H,3,6,14H2,1-2H3/t9-/m1/s1. The molecule has 0 aliphatic heterocycles. The smallest absolute Gasteiger partial charge is 0.307 e. The van der Waals surface area contributed by atoms with Crippen LogP contribution in [0.15, 0.2) is 16.6 Å². The van der Waals surface area contributed by atoms with Crippen LogP contribution in [0.2, 0.25) is 0 Å². The van der Waals surface area contributed by atoms with E-state index in [0.29, 0.717) is 22.4 Å². The van der Waals surface area contributed by atoms with Crippen LogP contribution in [-0.4, -0.2) is 24.8 Å². The van der Waals surface area contributed by atoms with Gasteiger partial charge in [-0.25, -0.2) is 0 Å². The minimum absolute atomic E-state index is 0.00425. The van der Waals surface area contributed by atoms with E-state index in [4.69, 9.17) is 15.2 Å². The first-order chi connectivity index (χ1) is 8.49. The van der Waals surface area contributed by atoms with Crippen LogP contribution in [0.4, 0.5) is 0 Å². The molecule has 1 atom stereocenters. The second-order valence-corrected chi connectivity index (χ2v) is 4.52. The molecule has 0 amide bonds. The molecule has 100 valence electrons. The number of phenolic OH excluding ortho intramolecular Hbond substituents is 1. The summed E-state index contributed by atoms with van der Waals surface area (Å²) in [5, 5.41) is 9.67. The number of phenols is 1. The highest BCUT2D eigenvalue weighted by atomic mass is 79.9. The van der Waals surface area contributed by atoms with Crippen molar-refractivity contribution in [1.82, 2.24) is 0 Å². The van der Waals surface area contributed by atoms with Gasteiger partial charge < -0.3 is 20.3 Å². The molecule has 6 heteroatoms. The number of halogens is 1. The Morgan fingerprint density at radius 3 is 2.78 bits per heavy atom. The van der Waals surface area contributed by atoms with Gasteiger partial charge in [-0.1, -0.05) is 0 Å². The van der Waals surface area contributed by atoms with Gasteiger partial charge in [-0.3, -0.25) is 4.79 Å². The van der Waals surface area contributed by atoms with E-state index in [-0.39, 0.29) is 18.1 Å². The van der Waals surface area contributed by atoms with Gasteiger partial charge in [-0.2, -0.15) is 0 Å². The van der Waals surface area contributed by atoms with Crippen molar-refractivity contribution in [2.24, 2.45) is 5.73 Å². The number of hydrogen-bond acceptors (Lipinski definition) is 5. The van der Waals surface area contributed by atoms with Gasteiger partial charge in [0.25, 0.3) is 0 Å². The molecule has 0 radical (unpaired) electrons. The number of hydrogen-bond donors (Lipinski definition) is 2. The average Bonchev–Trinajstić information content (AvgIpc) is 2.32. The van der Waals surface area contributed by atoms with Gasteiger partial charge in [0, 0.05) is 6.04 Å². The number of ether oxygens (including phenoxy) is 2. The van der Waals surface area contributed by atoms with Crippen LogP contribution in [0.25, 0.3) is 0 Å². The Bertz CT molecular complexity index is 436. The van der Waals surface area contributed by atoms with Crippen LogP contribution in [-0.2, 0) is 9.53 Å². The molecule has 0 fully saturated rings. The monoisotopic (exact) mass is 317 g/mol. The van der Waals surface area contributed by atoms with Gasteiger partial charge in [-0.05, 0) is 40.5 Å². The Hall–Kier alpha value is -1.27. The number of methoxy groups -OCH3 is 1. The Morgan fingerprint density at radius 1 is 1.56 bits per heavy atom. The second kappa shape index (κ2) is 6.61. The van der Waals surface area contributed by atoms with E-state index in [1.807, 2.05) is 0 Å². The average molecular weight is 318 g/mol. The molecule has 0 aliphatic rings. The minimum Gasteiger partial charge on any atom is -0.503 e. The van der Waals surface area contributed by atoms with Crippen molar-refractivity contribution in [2.45, 2.75) is 19.4 Å². The van der Waals surface area contributed by atoms with Crippen LogP contribution < -0.4 is 10.5 Å². The molecule has 0 spiro atoms. The fraction of sp³-hybridized carbons (Fsp3) is 0.417. The zero-order valence-corrected chi connectivity index (χ0v) is 11.9. The fourth-order valence-corrected chi connectivity index (χ4v) is 1.94. The van der Waals surface area contributed by atoms with Gasteiger partial charge in [-0.15, -0.1) is 0 Å². The van der Waals surface area contributed by atoms with Gasteiger partial charge in [0.15, 0.2) is 11.5 Å². The molecule has 0 saturated carbocycles. The van der Waals surface area contributed by atoms with Crippen molar-refractivity contribution in [1.29, 1.82) is 0 Å². The third-order valence-corrected chi connectivity index (χ3v) is 3.00. The third kappa shape index (κ3) is 3.61. The SMILES string of the molecule is CCOC(=O)C[C@@H](N)c1cc(Br)c(O)c(OC)c1. The van der Waals surface area contributed by atoms with E-state index in [9.17, 15) is 9.90 Å². The van der Waals surface area contributed by atoms with Crippen molar-refractivity contribution in [3.05, 3.63) is 22.2 Å². The maximum atomic E-state index is 11.3. The van der Waals surface area contributed by atoms with Crippen LogP contribution >= 0.6 is 15.9 Å². The summed E-state index contributed by atoms with van der Waals surface area (Å²) in [6.07, 6.45) is 0.0776. The predicted molar refractivity (Wildman–Crippen MR) is 70.5 cm³/mol. The molecule has 3 N–H and O–H groups in total. The summed E-state index contributed by atoms with van der Waals surface area (Å²) < 4.78 is 10.3. The molecule has 0 aliphatic carbocycles. The number of esters is 1. The summed E-state index contributed by atoms with van der Waals surface area (Å²) in [5.74, 6) is -0.0450. The molecule has 0 unspecified atom stereocenters. The molecule has 1 rings (SSSR count). The Morgan fingerprint density at radius 2 is 2.22 bits per heavy atom. The van der Waals surface area contributed by atoms with E-state index in [2.05, 4.69) is 15.9 Å². The molecule has 18 heavy (non-hydrogen) atoms. The normalized spacial score (nSPS) is 12.0. The van der Waals surface area contributed by atoms with E-state index in [1.165, 1.54) is 7.11 Å². The van der Waals surface area contributed by atoms with Gasteiger partial charge >= 0.3 is 5.97 Å². The van der Waals surface area contributed by atoms with Crippen molar-refractivity contribution >= 4 is 21.9 Å². The van der Waals surface area contributed by atoms with E-state index in [1.54, 1.807) is 19.1 Å². The first-order valence-corrected chi connectivity index (χ1v) is 6.26. The van der Waals surface area contributed by atoms with Gasteiger partial charge in [0.05, 0.1) is 24.6 Å². The first kappa shape index (κ1) is 14.8. The molecule has 0 aromatic heterocycles. The van der Waals surface area contributed by atoms with E-state index < -0.39 is 6.04 Å². The summed E-state index contributed by atoms with van der Waals surface area (Å²) in [4.78, 5) is 11.3. The highest BCUT2D eigenvalue weighted by Gasteiger charge is 2.16. The lowest BCUT2D eigenvalue weighted by molar-refractivity contribution is -0.143. The van der Waals surface area contributed by atoms with E-state index >= 15 is 0 Å². The Balaban J connectivity index is 2.89. The maximum absolute atomic E-state index is 11.3. The van der Waals surface area contributed by atoms with Crippen LogP contribution in [0.1, 0.15) is 24.9 Å². The maximum Gasteiger partial charge on any atom is 0.307 e. The highest BCUT2D eigenvalue weighted by molar-refractivity contribution is 9.10. The number of carbonyl (C=O) groups excluding carboxylic acids is 1. The minimum atomic E-state index is -0.505. The fourth-order valence-electron chi connectivity index (χ4n) is 1.48. The number of nitrogens with two attached hydrogens (primary N) is 1. The molecule has 5 nitrogen and oxygen atoms in total. The Kier molecular flexibility index (Phi) is 5.43. The molecule has 1 aromatic rings. The van der Waals surface area contributed by atoms with Crippen LogP contribution in [0, 0.1) is 0 Å². The Labute approximate surface area is 114 Å². The van der Waals surface area contributed by atoms with Crippen LogP contribution in [0.5, 0.6) is 11.5 Å². The molecule has 1 aromatic carbocycles. The van der Waals surface area contributed by atoms with Gasteiger partial charge in [0.2, 0.25) is 0 Å². The van der Waals surface area contributed by atoms with Crippen LogP contribution in [0.3, 0.4) is 0 Å². The summed E-state index contributed by atoms with van der Waals surface area (Å²) in [6, 6.07) is 2.75. The lowest BCUT2D eigenvalue weighted by Gasteiger charge is -2.14.